The van der Waals surface area contributed by atoms with Gasteiger partial charge in [-0.2, -0.15) is 0 Å². The summed E-state index contributed by atoms with van der Waals surface area (Å²) in [4.78, 5) is 0. The second kappa shape index (κ2) is 6.42. The fourth-order valence-corrected chi connectivity index (χ4v) is 3.39. The number of nitrogens with one attached hydrogen (secondary N) is 1. The third-order valence-corrected chi connectivity index (χ3v) is 5.09. The lowest BCUT2D eigenvalue weighted by atomic mass is 9.72. The Balaban J connectivity index is 1.48. The van der Waals surface area contributed by atoms with Gasteiger partial charge in [-0.15, -0.1) is 0 Å². The smallest absolute Gasteiger partial charge is 0.151 e. The van der Waals surface area contributed by atoms with Gasteiger partial charge >= 0.3 is 0 Å². The fraction of sp³-hybridized carbons (Fsp3) is 0.250. The number of benzene rings is 2. The lowest BCUT2D eigenvalue weighted by molar-refractivity contribution is 0.176. The van der Waals surface area contributed by atoms with E-state index in [1.54, 1.807) is 0 Å². The van der Waals surface area contributed by atoms with E-state index in [1.807, 2.05) is 48.5 Å². The maximum Gasteiger partial charge on any atom is 0.151 e. The molecule has 0 atom stereocenters. The van der Waals surface area contributed by atoms with Crippen LogP contribution in [0.4, 0.5) is 0 Å². The number of hydrogen-bond acceptors (Lipinski definition) is 3. The molecular formula is C20H19ClN2O. The summed E-state index contributed by atoms with van der Waals surface area (Å²) in [6, 6.07) is 20.2. The predicted molar refractivity (Wildman–Crippen MR) is 95.8 cm³/mol. The van der Waals surface area contributed by atoms with E-state index in [1.165, 1.54) is 12.0 Å². The molecule has 0 spiro atoms. The van der Waals surface area contributed by atoms with Gasteiger partial charge in [-0.1, -0.05) is 59.2 Å². The van der Waals surface area contributed by atoms with Crippen LogP contribution in [-0.4, -0.2) is 5.16 Å². The van der Waals surface area contributed by atoms with Crippen molar-refractivity contribution < 1.29 is 4.52 Å². The van der Waals surface area contributed by atoms with Gasteiger partial charge in [0.1, 0.15) is 5.69 Å². The average Bonchev–Trinajstić information content (AvgIpc) is 3.05. The van der Waals surface area contributed by atoms with Gasteiger partial charge < -0.3 is 9.84 Å². The Morgan fingerprint density at radius 1 is 1.04 bits per heavy atom. The van der Waals surface area contributed by atoms with Crippen LogP contribution in [-0.2, 0) is 12.1 Å². The minimum atomic E-state index is 0.0320. The van der Waals surface area contributed by atoms with Crippen molar-refractivity contribution in [2.75, 3.05) is 0 Å². The highest BCUT2D eigenvalue weighted by Gasteiger charge is 2.38. The maximum absolute atomic E-state index is 6.01. The number of hydrogen-bond donors (Lipinski definition) is 1. The van der Waals surface area contributed by atoms with Gasteiger partial charge in [-0.25, -0.2) is 0 Å². The molecule has 122 valence electrons. The van der Waals surface area contributed by atoms with Crippen LogP contribution in [0, 0.1) is 0 Å². The Morgan fingerprint density at radius 3 is 2.46 bits per heavy atom. The van der Waals surface area contributed by atoms with E-state index in [2.05, 4.69) is 22.6 Å². The van der Waals surface area contributed by atoms with E-state index in [-0.39, 0.29) is 5.54 Å². The molecule has 24 heavy (non-hydrogen) atoms. The van der Waals surface area contributed by atoms with E-state index in [9.17, 15) is 0 Å². The van der Waals surface area contributed by atoms with E-state index in [0.717, 1.165) is 34.9 Å². The van der Waals surface area contributed by atoms with E-state index >= 15 is 0 Å². The van der Waals surface area contributed by atoms with Crippen molar-refractivity contribution in [3.05, 3.63) is 77.0 Å². The third kappa shape index (κ3) is 2.97. The normalized spacial score (nSPS) is 15.9. The Bertz CT molecular complexity index is 807. The SMILES string of the molecule is Clc1ccc(C2(NCc3cc(-c4ccccc4)no3)CCC2)cc1. The summed E-state index contributed by atoms with van der Waals surface area (Å²) < 4.78 is 5.50. The Kier molecular flexibility index (Phi) is 4.13. The Morgan fingerprint density at radius 2 is 1.79 bits per heavy atom. The highest BCUT2D eigenvalue weighted by atomic mass is 35.5. The van der Waals surface area contributed by atoms with Crippen LogP contribution < -0.4 is 5.32 Å². The molecule has 4 rings (SSSR count). The van der Waals surface area contributed by atoms with Gasteiger partial charge in [0.05, 0.1) is 6.54 Å². The minimum Gasteiger partial charge on any atom is -0.359 e. The maximum atomic E-state index is 6.01. The molecule has 1 N–H and O–H groups in total. The van der Waals surface area contributed by atoms with Gasteiger partial charge in [-0.05, 0) is 37.0 Å². The molecule has 1 aliphatic rings. The summed E-state index contributed by atoms with van der Waals surface area (Å²) in [7, 11) is 0. The van der Waals surface area contributed by atoms with Gasteiger partial charge in [0.2, 0.25) is 0 Å². The van der Waals surface area contributed by atoms with Crippen molar-refractivity contribution in [1.29, 1.82) is 0 Å². The quantitative estimate of drug-likeness (QED) is 0.698. The monoisotopic (exact) mass is 338 g/mol. The number of rotatable bonds is 5. The van der Waals surface area contributed by atoms with Crippen molar-refractivity contribution in [2.24, 2.45) is 0 Å². The van der Waals surface area contributed by atoms with Crippen molar-refractivity contribution in [3.63, 3.8) is 0 Å². The molecule has 0 unspecified atom stereocenters. The van der Waals surface area contributed by atoms with Crippen LogP contribution in [0.3, 0.4) is 0 Å². The topological polar surface area (TPSA) is 38.1 Å². The molecule has 0 bridgehead atoms. The molecule has 1 heterocycles. The lowest BCUT2D eigenvalue weighted by Gasteiger charge is -2.43. The first-order chi connectivity index (χ1) is 11.8. The van der Waals surface area contributed by atoms with Crippen LogP contribution >= 0.6 is 11.6 Å². The van der Waals surface area contributed by atoms with Crippen molar-refractivity contribution in [1.82, 2.24) is 10.5 Å². The lowest BCUT2D eigenvalue weighted by Crippen LogP contribution is -2.47. The summed E-state index contributed by atoms with van der Waals surface area (Å²) in [6.07, 6.45) is 3.50. The number of nitrogens with zero attached hydrogens (tertiary/aromatic N) is 1. The van der Waals surface area contributed by atoms with Gasteiger partial charge in [0.15, 0.2) is 5.76 Å². The van der Waals surface area contributed by atoms with Crippen molar-refractivity contribution >= 4 is 11.6 Å². The fourth-order valence-electron chi connectivity index (χ4n) is 3.26. The molecule has 0 saturated heterocycles. The number of halogens is 1. The molecule has 3 aromatic rings. The highest BCUT2D eigenvalue weighted by Crippen LogP contribution is 2.41. The summed E-state index contributed by atoms with van der Waals surface area (Å²) in [5, 5.41) is 8.63. The first kappa shape index (κ1) is 15.4. The second-order valence-corrected chi connectivity index (χ2v) is 6.78. The molecule has 0 aliphatic heterocycles. The van der Waals surface area contributed by atoms with Crippen LogP contribution in [0.15, 0.2) is 65.2 Å². The first-order valence-corrected chi connectivity index (χ1v) is 8.65. The third-order valence-electron chi connectivity index (χ3n) is 4.83. The van der Waals surface area contributed by atoms with E-state index < -0.39 is 0 Å². The van der Waals surface area contributed by atoms with E-state index in [4.69, 9.17) is 16.1 Å². The van der Waals surface area contributed by atoms with Crippen LogP contribution in [0.2, 0.25) is 5.02 Å². The molecule has 2 aromatic carbocycles. The Labute approximate surface area is 146 Å². The Hall–Kier alpha value is -2.10. The van der Waals surface area contributed by atoms with E-state index in [0.29, 0.717) is 6.54 Å². The molecule has 4 heteroatoms. The van der Waals surface area contributed by atoms with Gasteiger partial charge in [-0.3, -0.25) is 0 Å². The van der Waals surface area contributed by atoms with Crippen molar-refractivity contribution in [3.8, 4) is 11.3 Å². The molecule has 1 fully saturated rings. The number of aromatic nitrogens is 1. The highest BCUT2D eigenvalue weighted by molar-refractivity contribution is 6.30. The van der Waals surface area contributed by atoms with Crippen molar-refractivity contribution in [2.45, 2.75) is 31.3 Å². The predicted octanol–water partition coefficient (Wildman–Crippen LogP) is 5.16. The molecular weight excluding hydrogens is 320 g/mol. The molecule has 1 saturated carbocycles. The zero-order chi connectivity index (χ0) is 16.4. The molecule has 1 aliphatic carbocycles. The molecule has 0 amide bonds. The van der Waals surface area contributed by atoms with Crippen LogP contribution in [0.1, 0.15) is 30.6 Å². The zero-order valence-corrected chi connectivity index (χ0v) is 14.1. The van der Waals surface area contributed by atoms with Crippen LogP contribution in [0.5, 0.6) is 0 Å². The minimum absolute atomic E-state index is 0.0320. The summed E-state index contributed by atoms with van der Waals surface area (Å²) in [5.74, 6) is 0.856. The standard InChI is InChI=1S/C20H19ClN2O/c21-17-9-7-16(8-10-17)20(11-4-12-20)22-14-18-13-19(23-24-18)15-5-2-1-3-6-15/h1-3,5-10,13,22H,4,11-12,14H2. The first-order valence-electron chi connectivity index (χ1n) is 8.27. The summed E-state index contributed by atoms with van der Waals surface area (Å²) in [6.45, 7) is 0.669. The summed E-state index contributed by atoms with van der Waals surface area (Å²) in [5.41, 5.74) is 3.27. The zero-order valence-electron chi connectivity index (χ0n) is 13.3. The molecule has 1 aromatic heterocycles. The summed E-state index contributed by atoms with van der Waals surface area (Å²) >= 11 is 6.01. The molecule has 0 radical (unpaired) electrons. The van der Waals surface area contributed by atoms with Gasteiger partial charge in [0.25, 0.3) is 0 Å². The average molecular weight is 339 g/mol. The largest absolute Gasteiger partial charge is 0.359 e. The van der Waals surface area contributed by atoms with Crippen LogP contribution in [0.25, 0.3) is 11.3 Å². The van der Waals surface area contributed by atoms with Gasteiger partial charge in [0, 0.05) is 22.2 Å². The molecule has 3 nitrogen and oxygen atoms in total. The second-order valence-electron chi connectivity index (χ2n) is 6.34.